The molecule has 0 unspecified atom stereocenters. The van der Waals surface area contributed by atoms with Crippen LogP contribution in [0.2, 0.25) is 0 Å². The van der Waals surface area contributed by atoms with E-state index in [4.69, 9.17) is 14.7 Å². The summed E-state index contributed by atoms with van der Waals surface area (Å²) in [7, 11) is 1.62. The van der Waals surface area contributed by atoms with Crippen LogP contribution < -0.4 is 0 Å². The summed E-state index contributed by atoms with van der Waals surface area (Å²) in [6.07, 6.45) is 1.51. The molecule has 6 heteroatoms. The molecule has 6 nitrogen and oxygen atoms in total. The highest BCUT2D eigenvalue weighted by Crippen LogP contribution is 1.87. The first-order valence-electron chi connectivity index (χ1n) is 4.23. The molecule has 76 valence electrons. The number of rotatable bonds is 6. The zero-order valence-electron chi connectivity index (χ0n) is 8.01. The topological polar surface area (TPSA) is 73.0 Å². The van der Waals surface area contributed by atoms with Crippen LogP contribution in [0.25, 0.3) is 0 Å². The Kier molecular flexibility index (Phi) is 4.61. The lowest BCUT2D eigenvalue weighted by molar-refractivity contribution is 0.0653. The predicted octanol–water partition coefficient (Wildman–Crippen LogP) is -0.187. The molecular formula is C8H12N4O2. The van der Waals surface area contributed by atoms with Gasteiger partial charge in [0.05, 0.1) is 26.4 Å². The number of hydrogen-bond donors (Lipinski definition) is 0. The van der Waals surface area contributed by atoms with E-state index in [1.807, 2.05) is 6.07 Å². The van der Waals surface area contributed by atoms with Crippen molar-refractivity contribution >= 4 is 0 Å². The molecule has 0 N–H and O–H groups in total. The molecule has 0 spiro atoms. The number of hydrogen-bond acceptors (Lipinski definition) is 5. The van der Waals surface area contributed by atoms with Crippen LogP contribution in [0.5, 0.6) is 0 Å². The summed E-state index contributed by atoms with van der Waals surface area (Å²) >= 11 is 0. The summed E-state index contributed by atoms with van der Waals surface area (Å²) < 4.78 is 11.6. The fraction of sp³-hybridized carbons (Fsp3) is 0.625. The van der Waals surface area contributed by atoms with Gasteiger partial charge in [-0.1, -0.05) is 0 Å². The third-order valence-electron chi connectivity index (χ3n) is 1.53. The molecule has 0 amide bonds. The van der Waals surface area contributed by atoms with E-state index < -0.39 is 0 Å². The van der Waals surface area contributed by atoms with Gasteiger partial charge in [0.25, 0.3) is 5.82 Å². The molecular weight excluding hydrogens is 184 g/mol. The summed E-state index contributed by atoms with van der Waals surface area (Å²) in [5.41, 5.74) is 0. The largest absolute Gasteiger partial charge is 0.382 e. The maximum Gasteiger partial charge on any atom is 0.252 e. The fourth-order valence-electron chi connectivity index (χ4n) is 0.856. The molecule has 0 saturated carbocycles. The molecule has 14 heavy (non-hydrogen) atoms. The van der Waals surface area contributed by atoms with E-state index >= 15 is 0 Å². The standard InChI is InChI=1S/C8H12N4O2/c1-13-4-5-14-3-2-12-7-10-8(6-9)11-12/h7H,2-5H2,1H3. The van der Waals surface area contributed by atoms with Gasteiger partial charge < -0.3 is 9.47 Å². The van der Waals surface area contributed by atoms with E-state index in [9.17, 15) is 0 Å². The summed E-state index contributed by atoms with van der Waals surface area (Å²) in [6.45, 7) is 2.28. The Labute approximate surface area is 82.1 Å². The summed E-state index contributed by atoms with van der Waals surface area (Å²) in [5.74, 6) is 0.182. The first-order valence-corrected chi connectivity index (χ1v) is 4.23. The summed E-state index contributed by atoms with van der Waals surface area (Å²) in [4.78, 5) is 3.76. The molecule has 1 rings (SSSR count). The lowest BCUT2D eigenvalue weighted by Crippen LogP contribution is -2.09. The van der Waals surface area contributed by atoms with Crippen LogP contribution in [0.4, 0.5) is 0 Å². The Bertz CT molecular complexity index is 305. The zero-order chi connectivity index (χ0) is 10.2. The normalized spacial score (nSPS) is 10.0. The van der Waals surface area contributed by atoms with E-state index in [0.717, 1.165) is 0 Å². The fourth-order valence-corrected chi connectivity index (χ4v) is 0.856. The molecule has 1 aromatic heterocycles. The van der Waals surface area contributed by atoms with Crippen molar-refractivity contribution in [3.05, 3.63) is 12.2 Å². The van der Waals surface area contributed by atoms with Crippen LogP contribution >= 0.6 is 0 Å². The van der Waals surface area contributed by atoms with Gasteiger partial charge in [-0.2, -0.15) is 5.26 Å². The average molecular weight is 196 g/mol. The van der Waals surface area contributed by atoms with Crippen LogP contribution in [0.15, 0.2) is 6.33 Å². The maximum atomic E-state index is 8.46. The van der Waals surface area contributed by atoms with E-state index in [1.165, 1.54) is 6.33 Å². The Morgan fingerprint density at radius 2 is 2.36 bits per heavy atom. The van der Waals surface area contributed by atoms with Crippen LogP contribution in [0, 0.1) is 11.3 Å². The number of methoxy groups -OCH3 is 1. The second kappa shape index (κ2) is 6.07. The van der Waals surface area contributed by atoms with E-state index in [2.05, 4.69) is 10.1 Å². The Morgan fingerprint density at radius 3 is 3.00 bits per heavy atom. The molecule has 0 aliphatic heterocycles. The van der Waals surface area contributed by atoms with Crippen molar-refractivity contribution < 1.29 is 9.47 Å². The van der Waals surface area contributed by atoms with Crippen molar-refractivity contribution in [2.24, 2.45) is 0 Å². The molecule has 0 aliphatic rings. The minimum atomic E-state index is 0.182. The van der Waals surface area contributed by atoms with Gasteiger partial charge in [0.15, 0.2) is 0 Å². The molecule has 0 saturated heterocycles. The highest BCUT2D eigenvalue weighted by atomic mass is 16.5. The molecule has 0 aromatic carbocycles. The highest BCUT2D eigenvalue weighted by Gasteiger charge is 1.97. The second-order valence-corrected chi connectivity index (χ2v) is 2.55. The number of nitriles is 1. The van der Waals surface area contributed by atoms with E-state index in [1.54, 1.807) is 11.8 Å². The lowest BCUT2D eigenvalue weighted by atomic mass is 10.7. The first kappa shape index (κ1) is 10.6. The third kappa shape index (κ3) is 3.51. The lowest BCUT2D eigenvalue weighted by Gasteiger charge is -2.02. The van der Waals surface area contributed by atoms with Crippen molar-refractivity contribution in [1.29, 1.82) is 5.26 Å². The first-order chi connectivity index (χ1) is 6.86. The minimum Gasteiger partial charge on any atom is -0.382 e. The van der Waals surface area contributed by atoms with Gasteiger partial charge in [-0.25, -0.2) is 9.67 Å². The predicted molar refractivity (Wildman–Crippen MR) is 47.4 cm³/mol. The smallest absolute Gasteiger partial charge is 0.252 e. The van der Waals surface area contributed by atoms with Gasteiger partial charge in [0.2, 0.25) is 0 Å². The van der Waals surface area contributed by atoms with Gasteiger partial charge in [-0.05, 0) is 0 Å². The zero-order valence-corrected chi connectivity index (χ0v) is 8.01. The van der Waals surface area contributed by atoms with Gasteiger partial charge >= 0.3 is 0 Å². The molecule has 0 fully saturated rings. The molecule has 1 heterocycles. The monoisotopic (exact) mass is 196 g/mol. The van der Waals surface area contributed by atoms with Gasteiger partial charge in [0, 0.05) is 7.11 Å². The number of nitrogens with zero attached hydrogens (tertiary/aromatic N) is 4. The van der Waals surface area contributed by atoms with Crippen LogP contribution in [0.1, 0.15) is 5.82 Å². The van der Waals surface area contributed by atoms with Crippen molar-refractivity contribution in [2.45, 2.75) is 6.54 Å². The Hall–Kier alpha value is -1.45. The Morgan fingerprint density at radius 1 is 1.50 bits per heavy atom. The average Bonchev–Trinajstić information content (AvgIpc) is 2.65. The molecule has 1 aromatic rings. The molecule has 0 radical (unpaired) electrons. The van der Waals surface area contributed by atoms with Crippen LogP contribution in [-0.4, -0.2) is 41.7 Å². The third-order valence-corrected chi connectivity index (χ3v) is 1.53. The van der Waals surface area contributed by atoms with Crippen molar-refractivity contribution in [1.82, 2.24) is 14.8 Å². The van der Waals surface area contributed by atoms with Gasteiger partial charge in [0.1, 0.15) is 12.4 Å². The Balaban J connectivity index is 2.16. The van der Waals surface area contributed by atoms with Crippen molar-refractivity contribution in [3.63, 3.8) is 0 Å². The van der Waals surface area contributed by atoms with Crippen molar-refractivity contribution in [3.8, 4) is 6.07 Å². The van der Waals surface area contributed by atoms with Crippen LogP contribution in [-0.2, 0) is 16.0 Å². The highest BCUT2D eigenvalue weighted by molar-refractivity contribution is 5.05. The van der Waals surface area contributed by atoms with Crippen molar-refractivity contribution in [2.75, 3.05) is 26.9 Å². The van der Waals surface area contributed by atoms with E-state index in [0.29, 0.717) is 26.4 Å². The molecule has 0 bridgehead atoms. The summed E-state index contributed by atoms with van der Waals surface area (Å²) in [6, 6.07) is 1.85. The molecule has 0 atom stereocenters. The second-order valence-electron chi connectivity index (χ2n) is 2.55. The summed E-state index contributed by atoms with van der Waals surface area (Å²) in [5, 5.41) is 12.3. The molecule has 0 aliphatic carbocycles. The van der Waals surface area contributed by atoms with E-state index in [-0.39, 0.29) is 5.82 Å². The van der Waals surface area contributed by atoms with Gasteiger partial charge in [-0.15, -0.1) is 5.10 Å². The van der Waals surface area contributed by atoms with Crippen LogP contribution in [0.3, 0.4) is 0 Å². The quantitative estimate of drug-likeness (QED) is 0.590. The maximum absolute atomic E-state index is 8.46. The number of ether oxygens (including phenoxy) is 2. The number of aromatic nitrogens is 3. The minimum absolute atomic E-state index is 0.182. The van der Waals surface area contributed by atoms with Gasteiger partial charge in [-0.3, -0.25) is 0 Å². The SMILES string of the molecule is COCCOCCn1cnc(C#N)n1.